The maximum absolute atomic E-state index is 9.95. The molecular formula is C29H27N2OSi+. The summed E-state index contributed by atoms with van der Waals surface area (Å²) in [6.45, 7) is 9.13. The van der Waals surface area contributed by atoms with Gasteiger partial charge in [-0.05, 0) is 30.2 Å². The predicted octanol–water partition coefficient (Wildman–Crippen LogP) is 6.47. The van der Waals surface area contributed by atoms with Crippen molar-refractivity contribution in [2.75, 3.05) is 0 Å². The van der Waals surface area contributed by atoms with Crippen molar-refractivity contribution in [2.45, 2.75) is 26.6 Å². The number of benzene rings is 3. The van der Waals surface area contributed by atoms with Gasteiger partial charge in [0.2, 0.25) is 5.69 Å². The van der Waals surface area contributed by atoms with E-state index in [1.807, 2.05) is 38.4 Å². The van der Waals surface area contributed by atoms with Crippen LogP contribution >= 0.6 is 0 Å². The summed E-state index contributed by atoms with van der Waals surface area (Å²) < 4.78 is 8.74. The Morgan fingerprint density at radius 3 is 2.33 bits per heavy atom. The molecule has 33 heavy (non-hydrogen) atoms. The van der Waals surface area contributed by atoms with Crippen LogP contribution in [0, 0.1) is 18.3 Å². The van der Waals surface area contributed by atoms with Gasteiger partial charge in [-0.15, -0.1) is 0 Å². The quantitative estimate of drug-likeness (QED) is 0.235. The molecule has 3 aromatic carbocycles. The Hall–Kier alpha value is -3.68. The second-order valence-corrected chi connectivity index (χ2v) is 14.8. The number of nitrogens with zero attached hydrogens (tertiary/aromatic N) is 2. The number of nitriles is 1. The monoisotopic (exact) mass is 447 g/mol. The lowest BCUT2D eigenvalue weighted by molar-refractivity contribution is -0.660. The number of rotatable bonds is 3. The zero-order chi connectivity index (χ0) is 23.3. The lowest BCUT2D eigenvalue weighted by Gasteiger charge is -2.16. The van der Waals surface area contributed by atoms with Crippen molar-refractivity contribution in [3.8, 4) is 28.5 Å². The van der Waals surface area contributed by atoms with Crippen LogP contribution in [0.1, 0.15) is 11.1 Å². The Bertz CT molecular complexity index is 1560. The van der Waals surface area contributed by atoms with Gasteiger partial charge in [-0.1, -0.05) is 67.3 Å². The standard InChI is InChI=1S/C29H27N2OSi/c1-19-17-21(18-30)27-24-10-8-9-23(20-12-14-22(15-13-20)33(3,4)5)28(24)32-29(27)26(19)25-11-6-7-16-31(25)2/h6-17H,1-5H3/q+1. The molecule has 0 fully saturated rings. The molecule has 0 spiro atoms. The van der Waals surface area contributed by atoms with Crippen molar-refractivity contribution >= 4 is 35.2 Å². The Kier molecular flexibility index (Phi) is 4.95. The second-order valence-electron chi connectivity index (χ2n) is 9.74. The molecule has 4 heteroatoms. The van der Waals surface area contributed by atoms with E-state index >= 15 is 0 Å². The number of hydrogen-bond acceptors (Lipinski definition) is 2. The maximum atomic E-state index is 9.95. The molecule has 3 nitrogen and oxygen atoms in total. The summed E-state index contributed by atoms with van der Waals surface area (Å²) >= 11 is 0. The number of hydrogen-bond donors (Lipinski definition) is 0. The Morgan fingerprint density at radius 1 is 0.909 bits per heavy atom. The SMILES string of the molecule is Cc1cc(C#N)c2c(oc3c(-c4ccc([Si](C)(C)C)cc4)cccc32)c1-c1cccc[n+]1C. The summed E-state index contributed by atoms with van der Waals surface area (Å²) in [6.07, 6.45) is 2.03. The summed E-state index contributed by atoms with van der Waals surface area (Å²) in [5.41, 5.74) is 7.55. The van der Waals surface area contributed by atoms with E-state index in [2.05, 4.69) is 78.8 Å². The maximum Gasteiger partial charge on any atom is 0.216 e. The zero-order valence-corrected chi connectivity index (χ0v) is 20.7. The number of furan rings is 1. The summed E-state index contributed by atoms with van der Waals surface area (Å²) in [5, 5.41) is 13.3. The van der Waals surface area contributed by atoms with Gasteiger partial charge in [0.25, 0.3) is 0 Å². The zero-order valence-electron chi connectivity index (χ0n) is 19.7. The lowest BCUT2D eigenvalue weighted by Crippen LogP contribution is -2.37. The molecule has 0 saturated heterocycles. The van der Waals surface area contributed by atoms with Crippen molar-refractivity contribution in [3.05, 3.63) is 84.1 Å². The van der Waals surface area contributed by atoms with E-state index in [9.17, 15) is 5.26 Å². The van der Waals surface area contributed by atoms with E-state index in [1.54, 1.807) is 0 Å². The molecule has 0 aliphatic heterocycles. The normalized spacial score (nSPS) is 11.8. The molecule has 0 amide bonds. The molecule has 5 rings (SSSR count). The van der Waals surface area contributed by atoms with E-state index in [-0.39, 0.29) is 0 Å². The van der Waals surface area contributed by atoms with Gasteiger partial charge in [0.15, 0.2) is 11.8 Å². The molecule has 2 heterocycles. The number of pyridine rings is 1. The summed E-state index contributed by atoms with van der Waals surface area (Å²) in [7, 11) is 0.667. The third kappa shape index (κ3) is 3.46. The predicted molar refractivity (Wildman–Crippen MR) is 138 cm³/mol. The lowest BCUT2D eigenvalue weighted by atomic mass is 9.95. The molecule has 0 saturated carbocycles. The molecule has 0 aliphatic rings. The topological polar surface area (TPSA) is 40.8 Å². The fourth-order valence-corrected chi connectivity index (χ4v) is 5.84. The van der Waals surface area contributed by atoms with E-state index in [0.717, 1.165) is 49.9 Å². The number of para-hydroxylation sites is 1. The van der Waals surface area contributed by atoms with Gasteiger partial charge in [0, 0.05) is 28.5 Å². The second kappa shape index (κ2) is 7.72. The van der Waals surface area contributed by atoms with Gasteiger partial charge in [0.05, 0.1) is 25.3 Å². The fraction of sp³-hybridized carbons (Fsp3) is 0.172. The van der Waals surface area contributed by atoms with Crippen LogP contribution in [-0.4, -0.2) is 8.07 Å². The first-order valence-electron chi connectivity index (χ1n) is 11.2. The fourth-order valence-electron chi connectivity index (χ4n) is 4.67. The van der Waals surface area contributed by atoms with E-state index < -0.39 is 8.07 Å². The van der Waals surface area contributed by atoms with Crippen LogP contribution < -0.4 is 9.75 Å². The molecular weight excluding hydrogens is 420 g/mol. The van der Waals surface area contributed by atoms with Crippen LogP contribution in [0.4, 0.5) is 0 Å². The van der Waals surface area contributed by atoms with Crippen LogP contribution in [-0.2, 0) is 7.05 Å². The van der Waals surface area contributed by atoms with E-state index in [0.29, 0.717) is 5.56 Å². The number of aromatic nitrogens is 1. The Labute approximate surface area is 195 Å². The van der Waals surface area contributed by atoms with Crippen molar-refractivity contribution in [3.63, 3.8) is 0 Å². The molecule has 0 radical (unpaired) electrons. The summed E-state index contributed by atoms with van der Waals surface area (Å²) in [4.78, 5) is 0. The molecule has 0 unspecified atom stereocenters. The average Bonchev–Trinajstić information content (AvgIpc) is 3.18. The van der Waals surface area contributed by atoms with Crippen molar-refractivity contribution < 1.29 is 8.98 Å². The van der Waals surface area contributed by atoms with Gasteiger partial charge in [-0.3, -0.25) is 0 Å². The van der Waals surface area contributed by atoms with Gasteiger partial charge < -0.3 is 4.42 Å². The van der Waals surface area contributed by atoms with Crippen LogP contribution in [0.15, 0.2) is 77.3 Å². The van der Waals surface area contributed by atoms with Gasteiger partial charge >= 0.3 is 0 Å². The first-order valence-corrected chi connectivity index (χ1v) is 14.7. The highest BCUT2D eigenvalue weighted by Crippen LogP contribution is 2.42. The minimum absolute atomic E-state index is 0.648. The van der Waals surface area contributed by atoms with Crippen molar-refractivity contribution in [2.24, 2.45) is 7.05 Å². The molecule has 0 aliphatic carbocycles. The number of fused-ring (bicyclic) bond motifs is 3. The largest absolute Gasteiger partial charge is 0.454 e. The Morgan fingerprint density at radius 2 is 1.67 bits per heavy atom. The highest BCUT2D eigenvalue weighted by molar-refractivity contribution is 6.88. The van der Waals surface area contributed by atoms with Crippen molar-refractivity contribution in [1.29, 1.82) is 5.26 Å². The molecule has 0 bridgehead atoms. The van der Waals surface area contributed by atoms with Crippen LogP contribution in [0.3, 0.4) is 0 Å². The minimum Gasteiger partial charge on any atom is -0.454 e. The van der Waals surface area contributed by atoms with Crippen molar-refractivity contribution in [1.82, 2.24) is 0 Å². The van der Waals surface area contributed by atoms with Gasteiger partial charge in [-0.25, -0.2) is 4.57 Å². The molecule has 5 aromatic rings. The third-order valence-electron chi connectivity index (χ3n) is 6.46. The van der Waals surface area contributed by atoms with Gasteiger partial charge in [-0.2, -0.15) is 5.26 Å². The smallest absolute Gasteiger partial charge is 0.216 e. The molecule has 162 valence electrons. The van der Waals surface area contributed by atoms with Gasteiger partial charge in [0.1, 0.15) is 12.6 Å². The molecule has 0 atom stereocenters. The van der Waals surface area contributed by atoms with E-state index in [4.69, 9.17) is 4.42 Å². The third-order valence-corrected chi connectivity index (χ3v) is 8.53. The first kappa shape index (κ1) is 21.2. The minimum atomic E-state index is -1.37. The Balaban J connectivity index is 1.84. The molecule has 0 N–H and O–H groups in total. The highest BCUT2D eigenvalue weighted by atomic mass is 28.3. The van der Waals surface area contributed by atoms with Crippen LogP contribution in [0.25, 0.3) is 44.3 Å². The average molecular weight is 448 g/mol. The summed E-state index contributed by atoms with van der Waals surface area (Å²) in [6, 6.07) is 25.7. The first-order chi connectivity index (χ1) is 15.8. The van der Waals surface area contributed by atoms with Crippen LogP contribution in [0.2, 0.25) is 19.6 Å². The molecule has 2 aromatic heterocycles. The van der Waals surface area contributed by atoms with Crippen LogP contribution in [0.5, 0.6) is 0 Å². The summed E-state index contributed by atoms with van der Waals surface area (Å²) in [5.74, 6) is 0. The van der Waals surface area contributed by atoms with E-state index in [1.165, 1.54) is 5.19 Å². The highest BCUT2D eigenvalue weighted by Gasteiger charge is 2.24. The number of aryl methyl sites for hydroxylation is 2.